The van der Waals surface area contributed by atoms with Crippen LogP contribution in [0.15, 0.2) is 71.6 Å². The molecule has 1 saturated heterocycles. The Morgan fingerprint density at radius 2 is 1.86 bits per heavy atom. The molecule has 0 aliphatic carbocycles. The fourth-order valence-corrected chi connectivity index (χ4v) is 4.51. The van der Waals surface area contributed by atoms with Gasteiger partial charge in [0.25, 0.3) is 17.1 Å². The molecule has 6 nitrogen and oxygen atoms in total. The van der Waals surface area contributed by atoms with Gasteiger partial charge in [-0.1, -0.05) is 59.6 Å². The van der Waals surface area contributed by atoms with Gasteiger partial charge >= 0.3 is 0 Å². The monoisotopic (exact) mass is 506 g/mol. The van der Waals surface area contributed by atoms with Crippen LogP contribution in [0.4, 0.5) is 10.5 Å². The molecular weight excluding hydrogens is 484 g/mol. The maximum Gasteiger partial charge on any atom is 0.293 e. The highest BCUT2D eigenvalue weighted by atomic mass is 35.5. The lowest BCUT2D eigenvalue weighted by atomic mass is 10.1. The minimum atomic E-state index is -0.330. The lowest BCUT2D eigenvalue weighted by molar-refractivity contribution is -0.123. The summed E-state index contributed by atoms with van der Waals surface area (Å²) in [4.78, 5) is 39.1. The molecule has 0 bridgehead atoms. The minimum Gasteiger partial charge on any atom is -0.484 e. The van der Waals surface area contributed by atoms with E-state index in [9.17, 15) is 14.4 Å². The third-order valence-electron chi connectivity index (χ3n) is 5.28. The van der Waals surface area contributed by atoms with Crippen LogP contribution in [0.25, 0.3) is 6.08 Å². The van der Waals surface area contributed by atoms with Gasteiger partial charge in [-0.3, -0.25) is 19.3 Å². The Labute approximate surface area is 212 Å². The number of thioether (sulfide) groups is 1. The molecule has 0 atom stereocenters. The quantitative estimate of drug-likeness (QED) is 0.385. The van der Waals surface area contributed by atoms with Gasteiger partial charge in [0.2, 0.25) is 0 Å². The van der Waals surface area contributed by atoms with Crippen LogP contribution in [-0.2, 0) is 16.1 Å². The summed E-state index contributed by atoms with van der Waals surface area (Å²) in [7, 11) is 0. The van der Waals surface area contributed by atoms with Crippen molar-refractivity contribution < 1.29 is 19.1 Å². The van der Waals surface area contributed by atoms with Crippen molar-refractivity contribution in [2.45, 2.75) is 20.4 Å². The van der Waals surface area contributed by atoms with Crippen molar-refractivity contribution in [1.82, 2.24) is 4.90 Å². The number of nitrogens with zero attached hydrogens (tertiary/aromatic N) is 1. The number of nitrogens with one attached hydrogen (secondary N) is 1. The number of amides is 3. The molecule has 1 aliphatic heterocycles. The normalized spacial score (nSPS) is 14.5. The summed E-state index contributed by atoms with van der Waals surface area (Å²) in [5.74, 6) is -0.189. The number of imide groups is 1. The zero-order chi connectivity index (χ0) is 24.9. The Hall–Kier alpha value is -3.55. The van der Waals surface area contributed by atoms with E-state index >= 15 is 0 Å². The summed E-state index contributed by atoms with van der Waals surface area (Å²) >= 11 is 7.00. The van der Waals surface area contributed by atoms with Crippen LogP contribution in [0.3, 0.4) is 0 Å². The van der Waals surface area contributed by atoms with Gasteiger partial charge in [-0.25, -0.2) is 0 Å². The third kappa shape index (κ3) is 6.32. The van der Waals surface area contributed by atoms with Gasteiger partial charge in [-0.05, 0) is 72.6 Å². The molecule has 0 saturated carbocycles. The van der Waals surface area contributed by atoms with E-state index in [2.05, 4.69) is 5.32 Å². The maximum absolute atomic E-state index is 12.9. The molecule has 1 fully saturated rings. The van der Waals surface area contributed by atoms with Gasteiger partial charge in [0.05, 0.1) is 11.4 Å². The smallest absolute Gasteiger partial charge is 0.293 e. The second-order valence-corrected chi connectivity index (χ2v) is 9.53. The van der Waals surface area contributed by atoms with Gasteiger partial charge in [0.1, 0.15) is 5.75 Å². The van der Waals surface area contributed by atoms with E-state index in [0.29, 0.717) is 26.9 Å². The summed E-state index contributed by atoms with van der Waals surface area (Å²) in [5, 5.41) is 3.01. The standard InChI is InChI=1S/C27H23ClN2O4S/c1-17-5-3-7-20(11-17)15-30-26(32)24(35-27(30)33)13-19-6-4-8-22(12-19)34-16-25(31)29-21-10-9-18(2)23(28)14-21/h3-14H,15-16H2,1-2H3,(H,29,31)/b24-13-. The highest BCUT2D eigenvalue weighted by Crippen LogP contribution is 2.33. The highest BCUT2D eigenvalue weighted by molar-refractivity contribution is 8.18. The van der Waals surface area contributed by atoms with Gasteiger partial charge in [-0.15, -0.1) is 0 Å². The molecule has 1 aliphatic rings. The molecule has 8 heteroatoms. The number of hydrogen-bond acceptors (Lipinski definition) is 5. The molecule has 3 amide bonds. The van der Waals surface area contributed by atoms with Crippen LogP contribution < -0.4 is 10.1 Å². The van der Waals surface area contributed by atoms with Crippen molar-refractivity contribution in [3.8, 4) is 5.75 Å². The number of benzene rings is 3. The summed E-state index contributed by atoms with van der Waals surface area (Å²) in [5.41, 5.74) is 4.16. The number of carbonyl (C=O) groups is 3. The van der Waals surface area contributed by atoms with Crippen molar-refractivity contribution in [1.29, 1.82) is 0 Å². The van der Waals surface area contributed by atoms with Crippen LogP contribution >= 0.6 is 23.4 Å². The second kappa shape index (κ2) is 10.8. The largest absolute Gasteiger partial charge is 0.484 e. The van der Waals surface area contributed by atoms with E-state index in [4.69, 9.17) is 16.3 Å². The predicted molar refractivity (Wildman–Crippen MR) is 139 cm³/mol. The fourth-order valence-electron chi connectivity index (χ4n) is 3.49. The Balaban J connectivity index is 1.38. The highest BCUT2D eigenvalue weighted by Gasteiger charge is 2.35. The van der Waals surface area contributed by atoms with E-state index in [0.717, 1.165) is 28.5 Å². The van der Waals surface area contributed by atoms with Crippen LogP contribution in [0, 0.1) is 13.8 Å². The SMILES string of the molecule is Cc1cccc(CN2C(=O)S/C(=C\c3cccc(OCC(=O)Nc4ccc(C)c(Cl)c4)c3)C2=O)c1. The Morgan fingerprint density at radius 3 is 2.63 bits per heavy atom. The number of rotatable bonds is 7. The molecule has 1 heterocycles. The zero-order valence-electron chi connectivity index (χ0n) is 19.2. The number of halogens is 1. The molecule has 35 heavy (non-hydrogen) atoms. The number of anilines is 1. The molecule has 0 aromatic heterocycles. The Kier molecular flexibility index (Phi) is 7.58. The first-order chi connectivity index (χ1) is 16.8. The van der Waals surface area contributed by atoms with Gasteiger partial charge in [-0.2, -0.15) is 0 Å². The van der Waals surface area contributed by atoms with Gasteiger partial charge < -0.3 is 10.1 Å². The fraction of sp³-hybridized carbons (Fsp3) is 0.148. The van der Waals surface area contributed by atoms with E-state index in [-0.39, 0.29) is 30.2 Å². The number of carbonyl (C=O) groups excluding carboxylic acids is 3. The van der Waals surface area contributed by atoms with Crippen molar-refractivity contribution in [3.63, 3.8) is 0 Å². The summed E-state index contributed by atoms with van der Waals surface area (Å²) in [6.45, 7) is 3.89. The van der Waals surface area contributed by atoms with Crippen molar-refractivity contribution in [2.24, 2.45) is 0 Å². The predicted octanol–water partition coefficient (Wildman–Crippen LogP) is 6.21. The molecule has 178 valence electrons. The Morgan fingerprint density at radius 1 is 1.06 bits per heavy atom. The molecular formula is C27H23ClN2O4S. The van der Waals surface area contributed by atoms with E-state index in [1.807, 2.05) is 44.2 Å². The summed E-state index contributed by atoms with van der Waals surface area (Å²) in [6, 6.07) is 20.0. The van der Waals surface area contributed by atoms with Crippen LogP contribution in [0.2, 0.25) is 5.02 Å². The molecule has 0 unspecified atom stereocenters. The van der Waals surface area contributed by atoms with Gasteiger partial charge in [0.15, 0.2) is 6.61 Å². The first kappa shape index (κ1) is 24.6. The molecule has 1 N–H and O–H groups in total. The van der Waals surface area contributed by atoms with E-state index < -0.39 is 0 Å². The lowest BCUT2D eigenvalue weighted by Gasteiger charge is -2.12. The number of ether oxygens (including phenoxy) is 1. The van der Waals surface area contributed by atoms with E-state index in [1.54, 1.807) is 42.5 Å². The maximum atomic E-state index is 12.9. The minimum absolute atomic E-state index is 0.193. The van der Waals surface area contributed by atoms with Crippen LogP contribution in [0.1, 0.15) is 22.3 Å². The molecule has 4 rings (SSSR count). The number of aryl methyl sites for hydroxylation is 2. The van der Waals surface area contributed by atoms with E-state index in [1.165, 1.54) is 4.90 Å². The zero-order valence-corrected chi connectivity index (χ0v) is 20.8. The molecule has 3 aromatic carbocycles. The molecule has 0 spiro atoms. The first-order valence-corrected chi connectivity index (χ1v) is 12.1. The molecule has 3 aromatic rings. The average molecular weight is 507 g/mol. The summed E-state index contributed by atoms with van der Waals surface area (Å²) < 4.78 is 5.62. The van der Waals surface area contributed by atoms with Crippen molar-refractivity contribution >= 4 is 52.2 Å². The van der Waals surface area contributed by atoms with Crippen molar-refractivity contribution in [2.75, 3.05) is 11.9 Å². The Bertz CT molecular complexity index is 1340. The first-order valence-electron chi connectivity index (χ1n) is 10.9. The van der Waals surface area contributed by atoms with Gasteiger partial charge in [0, 0.05) is 10.7 Å². The summed E-state index contributed by atoms with van der Waals surface area (Å²) in [6.07, 6.45) is 1.66. The average Bonchev–Trinajstić information content (AvgIpc) is 3.08. The topological polar surface area (TPSA) is 75.7 Å². The second-order valence-electron chi connectivity index (χ2n) is 8.13. The van der Waals surface area contributed by atoms with Crippen LogP contribution in [-0.4, -0.2) is 28.6 Å². The molecule has 0 radical (unpaired) electrons. The third-order valence-corrected chi connectivity index (χ3v) is 6.59. The lowest BCUT2D eigenvalue weighted by Crippen LogP contribution is -2.27. The van der Waals surface area contributed by atoms with Crippen molar-refractivity contribution in [3.05, 3.63) is 98.9 Å². The number of hydrogen-bond donors (Lipinski definition) is 1. The van der Waals surface area contributed by atoms with Crippen LogP contribution in [0.5, 0.6) is 5.75 Å².